The monoisotopic (exact) mass is 233 g/mol. The first kappa shape index (κ1) is 11.2. The maximum Gasteiger partial charge on any atom is 0.513 e. The summed E-state index contributed by atoms with van der Waals surface area (Å²) < 4.78 is 9.75. The molecule has 1 N–H and O–H groups in total. The summed E-state index contributed by atoms with van der Waals surface area (Å²) in [6.07, 6.45) is -1.42. The van der Waals surface area contributed by atoms with Gasteiger partial charge in [0.05, 0.1) is 0 Å². The molecular weight excluding hydrogens is 222 g/mol. The Labute approximate surface area is 97.7 Å². The first-order valence-corrected chi connectivity index (χ1v) is 5.02. The summed E-state index contributed by atoms with van der Waals surface area (Å²) >= 11 is 0. The van der Waals surface area contributed by atoms with Crippen molar-refractivity contribution < 1.29 is 19.1 Å². The number of oxazole rings is 1. The van der Waals surface area contributed by atoms with E-state index >= 15 is 0 Å². The first-order chi connectivity index (χ1) is 8.08. The maximum absolute atomic E-state index is 10.4. The van der Waals surface area contributed by atoms with Crippen molar-refractivity contribution in [2.45, 2.75) is 13.8 Å². The van der Waals surface area contributed by atoms with E-state index in [4.69, 9.17) is 9.52 Å². The second-order valence-electron chi connectivity index (χ2n) is 3.57. The quantitative estimate of drug-likeness (QED) is 0.807. The second kappa shape index (κ2) is 4.29. The normalized spacial score (nSPS) is 10.2. The lowest BCUT2D eigenvalue weighted by Crippen LogP contribution is -2.02. The smallest absolute Gasteiger partial charge is 0.449 e. The number of carboxylic acid groups (broad SMARTS) is 1. The third-order valence-corrected chi connectivity index (χ3v) is 2.31. The van der Waals surface area contributed by atoms with Gasteiger partial charge in [0.25, 0.3) is 0 Å². The van der Waals surface area contributed by atoms with Crippen molar-refractivity contribution in [2.75, 3.05) is 0 Å². The molecule has 0 unspecified atom stereocenters. The third kappa shape index (κ3) is 2.28. The summed E-state index contributed by atoms with van der Waals surface area (Å²) in [5, 5.41) is 8.52. The number of hydrogen-bond donors (Lipinski definition) is 1. The molecule has 1 aromatic heterocycles. The highest BCUT2D eigenvalue weighted by Crippen LogP contribution is 2.28. The molecule has 5 nitrogen and oxygen atoms in total. The van der Waals surface area contributed by atoms with Crippen molar-refractivity contribution in [3.8, 4) is 17.4 Å². The SMILES string of the molecule is Cc1ccccc1-c1nc(C)c(OC(=O)O)o1. The Morgan fingerprint density at radius 1 is 1.35 bits per heavy atom. The molecule has 0 aliphatic carbocycles. The summed E-state index contributed by atoms with van der Waals surface area (Å²) in [6, 6.07) is 7.54. The largest absolute Gasteiger partial charge is 0.513 e. The minimum atomic E-state index is -1.42. The summed E-state index contributed by atoms with van der Waals surface area (Å²) in [4.78, 5) is 14.6. The van der Waals surface area contributed by atoms with Crippen LogP contribution in [0.3, 0.4) is 0 Å². The van der Waals surface area contributed by atoms with Crippen LogP contribution in [-0.4, -0.2) is 16.2 Å². The van der Waals surface area contributed by atoms with E-state index in [0.29, 0.717) is 11.6 Å². The minimum Gasteiger partial charge on any atom is -0.449 e. The van der Waals surface area contributed by atoms with Gasteiger partial charge in [0, 0.05) is 5.56 Å². The Bertz CT molecular complexity index is 559. The topological polar surface area (TPSA) is 72.6 Å². The van der Waals surface area contributed by atoms with Crippen LogP contribution in [0.5, 0.6) is 5.95 Å². The third-order valence-electron chi connectivity index (χ3n) is 2.31. The van der Waals surface area contributed by atoms with E-state index in [1.54, 1.807) is 6.92 Å². The van der Waals surface area contributed by atoms with Crippen LogP contribution in [0.2, 0.25) is 0 Å². The van der Waals surface area contributed by atoms with Crippen molar-refractivity contribution in [3.05, 3.63) is 35.5 Å². The molecule has 5 heteroatoms. The molecule has 0 aliphatic rings. The van der Waals surface area contributed by atoms with Gasteiger partial charge < -0.3 is 14.3 Å². The zero-order valence-electron chi connectivity index (χ0n) is 9.43. The van der Waals surface area contributed by atoms with Gasteiger partial charge in [-0.1, -0.05) is 18.2 Å². The lowest BCUT2D eigenvalue weighted by Gasteiger charge is -1.99. The van der Waals surface area contributed by atoms with E-state index in [2.05, 4.69) is 9.72 Å². The fraction of sp³-hybridized carbons (Fsp3) is 0.167. The van der Waals surface area contributed by atoms with Crippen molar-refractivity contribution in [1.29, 1.82) is 0 Å². The molecule has 2 rings (SSSR count). The number of benzene rings is 1. The van der Waals surface area contributed by atoms with E-state index in [1.807, 2.05) is 31.2 Å². The fourth-order valence-electron chi connectivity index (χ4n) is 1.48. The van der Waals surface area contributed by atoms with Crippen LogP contribution in [0.25, 0.3) is 11.5 Å². The average molecular weight is 233 g/mol. The molecule has 0 fully saturated rings. The minimum absolute atomic E-state index is 0.0873. The van der Waals surface area contributed by atoms with E-state index < -0.39 is 6.16 Å². The van der Waals surface area contributed by atoms with Crippen LogP contribution in [0, 0.1) is 13.8 Å². The standard InChI is InChI=1S/C12H11NO4/c1-7-5-3-4-6-9(7)10-13-8(2)11(16-10)17-12(14)15/h3-6H,1-2H3,(H,14,15). The van der Waals surface area contributed by atoms with E-state index in [-0.39, 0.29) is 5.95 Å². The number of aromatic nitrogens is 1. The zero-order chi connectivity index (χ0) is 12.4. The van der Waals surface area contributed by atoms with Crippen LogP contribution < -0.4 is 4.74 Å². The highest BCUT2D eigenvalue weighted by atomic mass is 16.7. The van der Waals surface area contributed by atoms with Crippen LogP contribution in [0.1, 0.15) is 11.3 Å². The molecule has 0 amide bonds. The Morgan fingerprint density at radius 2 is 2.06 bits per heavy atom. The Hall–Kier alpha value is -2.30. The molecular formula is C12H11NO4. The number of ether oxygens (including phenoxy) is 1. The van der Waals surface area contributed by atoms with Crippen molar-refractivity contribution in [3.63, 3.8) is 0 Å². The summed E-state index contributed by atoms with van der Waals surface area (Å²) in [5.41, 5.74) is 2.22. The molecule has 0 bridgehead atoms. The highest BCUT2D eigenvalue weighted by molar-refractivity contribution is 5.62. The number of hydrogen-bond acceptors (Lipinski definition) is 4. The van der Waals surface area contributed by atoms with Gasteiger partial charge in [-0.15, -0.1) is 0 Å². The predicted molar refractivity (Wildman–Crippen MR) is 60.1 cm³/mol. The van der Waals surface area contributed by atoms with Crippen LogP contribution in [0.4, 0.5) is 4.79 Å². The average Bonchev–Trinajstić information content (AvgIpc) is 2.60. The van der Waals surface area contributed by atoms with Gasteiger partial charge >= 0.3 is 12.1 Å². The Balaban J connectivity index is 2.41. The molecule has 2 aromatic rings. The van der Waals surface area contributed by atoms with Crippen molar-refractivity contribution in [1.82, 2.24) is 4.98 Å². The van der Waals surface area contributed by atoms with Crippen LogP contribution in [0.15, 0.2) is 28.7 Å². The molecule has 17 heavy (non-hydrogen) atoms. The predicted octanol–water partition coefficient (Wildman–Crippen LogP) is 3.02. The molecule has 0 saturated carbocycles. The summed E-state index contributed by atoms with van der Waals surface area (Å²) in [5.74, 6) is 0.271. The highest BCUT2D eigenvalue weighted by Gasteiger charge is 2.16. The molecule has 88 valence electrons. The Kier molecular flexibility index (Phi) is 2.82. The van der Waals surface area contributed by atoms with Gasteiger partial charge in [-0.05, 0) is 25.5 Å². The van der Waals surface area contributed by atoms with Gasteiger partial charge in [-0.25, -0.2) is 9.78 Å². The number of aryl methyl sites for hydroxylation is 2. The second-order valence-corrected chi connectivity index (χ2v) is 3.57. The van der Waals surface area contributed by atoms with E-state index in [0.717, 1.165) is 11.1 Å². The van der Waals surface area contributed by atoms with Crippen molar-refractivity contribution in [2.24, 2.45) is 0 Å². The van der Waals surface area contributed by atoms with E-state index in [1.165, 1.54) is 0 Å². The van der Waals surface area contributed by atoms with Gasteiger partial charge in [0.2, 0.25) is 5.89 Å². The molecule has 0 radical (unpaired) electrons. The van der Waals surface area contributed by atoms with Gasteiger partial charge in [-0.2, -0.15) is 0 Å². The number of rotatable bonds is 2. The Morgan fingerprint density at radius 3 is 2.71 bits per heavy atom. The van der Waals surface area contributed by atoms with Gasteiger partial charge in [0.15, 0.2) is 0 Å². The number of carbonyl (C=O) groups is 1. The molecule has 0 spiro atoms. The number of nitrogens with zero attached hydrogens (tertiary/aromatic N) is 1. The zero-order valence-corrected chi connectivity index (χ0v) is 9.43. The lowest BCUT2D eigenvalue weighted by molar-refractivity contribution is 0.133. The lowest BCUT2D eigenvalue weighted by atomic mass is 10.1. The van der Waals surface area contributed by atoms with Gasteiger partial charge in [-0.3, -0.25) is 0 Å². The summed E-state index contributed by atoms with van der Waals surface area (Å²) in [7, 11) is 0. The maximum atomic E-state index is 10.4. The molecule has 0 aliphatic heterocycles. The molecule has 0 atom stereocenters. The summed E-state index contributed by atoms with van der Waals surface area (Å²) in [6.45, 7) is 3.55. The molecule has 0 saturated heterocycles. The van der Waals surface area contributed by atoms with Crippen molar-refractivity contribution >= 4 is 6.16 Å². The van der Waals surface area contributed by atoms with Gasteiger partial charge in [0.1, 0.15) is 5.69 Å². The molecule has 1 heterocycles. The van der Waals surface area contributed by atoms with E-state index in [9.17, 15) is 4.79 Å². The first-order valence-electron chi connectivity index (χ1n) is 5.02. The molecule has 1 aromatic carbocycles. The fourth-order valence-corrected chi connectivity index (χ4v) is 1.48. The van der Waals surface area contributed by atoms with Crippen LogP contribution in [-0.2, 0) is 0 Å². The van der Waals surface area contributed by atoms with Crippen LogP contribution >= 0.6 is 0 Å².